The number of likely N-dealkylation sites (tertiary alicyclic amines) is 1. The summed E-state index contributed by atoms with van der Waals surface area (Å²) in [6.45, 7) is 8.37. The van der Waals surface area contributed by atoms with E-state index in [0.717, 1.165) is 31.9 Å². The summed E-state index contributed by atoms with van der Waals surface area (Å²) < 4.78 is 7.67. The van der Waals surface area contributed by atoms with E-state index < -0.39 is 0 Å². The van der Waals surface area contributed by atoms with Gasteiger partial charge in [0.25, 0.3) is 5.91 Å². The highest BCUT2D eigenvalue weighted by Crippen LogP contribution is 2.29. The molecule has 2 aliphatic heterocycles. The van der Waals surface area contributed by atoms with E-state index in [4.69, 9.17) is 4.74 Å². The third-order valence-electron chi connectivity index (χ3n) is 5.15. The second kappa shape index (κ2) is 8.31. The number of amides is 1. The summed E-state index contributed by atoms with van der Waals surface area (Å²) >= 11 is 0. The van der Waals surface area contributed by atoms with Crippen molar-refractivity contribution in [3.63, 3.8) is 0 Å². The molecule has 0 saturated carbocycles. The van der Waals surface area contributed by atoms with Gasteiger partial charge in [-0.15, -0.1) is 12.4 Å². The Hall–Kier alpha value is -2.05. The van der Waals surface area contributed by atoms with E-state index >= 15 is 0 Å². The predicted molar refractivity (Wildman–Crippen MR) is 107 cm³/mol. The zero-order valence-corrected chi connectivity index (χ0v) is 16.6. The number of para-hydroxylation sites is 1. The number of fused-ring (bicyclic) bond motifs is 1. The van der Waals surface area contributed by atoms with Crippen LogP contribution in [0.3, 0.4) is 0 Å². The van der Waals surface area contributed by atoms with Crippen LogP contribution in [-0.4, -0.2) is 53.4 Å². The summed E-state index contributed by atoms with van der Waals surface area (Å²) in [5.74, 6) is 2.07. The van der Waals surface area contributed by atoms with Crippen molar-refractivity contribution in [2.75, 3.05) is 32.8 Å². The molecule has 27 heavy (non-hydrogen) atoms. The third-order valence-corrected chi connectivity index (χ3v) is 5.15. The van der Waals surface area contributed by atoms with E-state index in [1.165, 1.54) is 0 Å². The average Bonchev–Trinajstić information content (AvgIpc) is 3.34. The van der Waals surface area contributed by atoms with Crippen LogP contribution in [0.4, 0.5) is 0 Å². The maximum Gasteiger partial charge on any atom is 0.278 e. The first kappa shape index (κ1) is 19.7. The van der Waals surface area contributed by atoms with Crippen LogP contribution >= 0.6 is 12.4 Å². The molecule has 0 radical (unpaired) electrons. The van der Waals surface area contributed by atoms with E-state index in [1.807, 2.05) is 41.4 Å². The maximum absolute atomic E-state index is 13.1. The van der Waals surface area contributed by atoms with Gasteiger partial charge in [0, 0.05) is 26.2 Å². The van der Waals surface area contributed by atoms with Crippen LogP contribution in [0.5, 0.6) is 5.75 Å². The smallest absolute Gasteiger partial charge is 0.278 e. The van der Waals surface area contributed by atoms with E-state index in [-0.39, 0.29) is 18.3 Å². The minimum atomic E-state index is -0.0205. The first-order valence-corrected chi connectivity index (χ1v) is 9.39. The number of nitrogens with one attached hydrogen (secondary N) is 1. The van der Waals surface area contributed by atoms with Crippen molar-refractivity contribution in [3.05, 3.63) is 42.2 Å². The lowest BCUT2D eigenvalue weighted by molar-refractivity contribution is 0.0770. The molecule has 2 atom stereocenters. The van der Waals surface area contributed by atoms with Gasteiger partial charge < -0.3 is 15.0 Å². The molecule has 7 heteroatoms. The Kier molecular flexibility index (Phi) is 6.07. The van der Waals surface area contributed by atoms with Gasteiger partial charge in [-0.1, -0.05) is 32.0 Å². The molecule has 1 aromatic carbocycles. The molecule has 3 heterocycles. The molecule has 4 rings (SSSR count). The fraction of sp³-hybridized carbons (Fsp3) is 0.500. The van der Waals surface area contributed by atoms with Crippen molar-refractivity contribution in [1.82, 2.24) is 20.0 Å². The van der Waals surface area contributed by atoms with Crippen molar-refractivity contribution in [2.45, 2.75) is 13.8 Å². The summed E-state index contributed by atoms with van der Waals surface area (Å²) in [4.78, 5) is 15.1. The van der Waals surface area contributed by atoms with Gasteiger partial charge in [0.05, 0.1) is 18.5 Å². The molecule has 6 nitrogen and oxygen atoms in total. The Bertz CT molecular complexity index is 766. The second-order valence-corrected chi connectivity index (χ2v) is 7.72. The van der Waals surface area contributed by atoms with Crippen molar-refractivity contribution < 1.29 is 9.53 Å². The van der Waals surface area contributed by atoms with Gasteiger partial charge in [0.1, 0.15) is 0 Å². The molecular weight excluding hydrogens is 364 g/mol. The van der Waals surface area contributed by atoms with Crippen LogP contribution in [-0.2, 0) is 0 Å². The molecule has 2 aliphatic rings. The maximum atomic E-state index is 13.1. The number of halogens is 1. The summed E-state index contributed by atoms with van der Waals surface area (Å²) in [6, 6.07) is 9.83. The number of carbonyl (C=O) groups is 1. The van der Waals surface area contributed by atoms with Crippen molar-refractivity contribution in [3.8, 4) is 11.4 Å². The third kappa shape index (κ3) is 4.12. The highest BCUT2D eigenvalue weighted by molar-refractivity contribution is 5.95. The van der Waals surface area contributed by atoms with Crippen molar-refractivity contribution in [2.24, 2.45) is 17.8 Å². The summed E-state index contributed by atoms with van der Waals surface area (Å²) in [5.41, 5.74) is 1.34. The van der Waals surface area contributed by atoms with Crippen LogP contribution in [0.2, 0.25) is 0 Å². The van der Waals surface area contributed by atoms with E-state index in [1.54, 1.807) is 4.68 Å². The van der Waals surface area contributed by atoms with Crippen LogP contribution in [0.1, 0.15) is 24.3 Å². The number of hydrogen-bond donors (Lipinski definition) is 1. The first-order chi connectivity index (χ1) is 12.6. The lowest BCUT2D eigenvalue weighted by Crippen LogP contribution is -2.32. The Labute approximate surface area is 166 Å². The Morgan fingerprint density at radius 1 is 1.22 bits per heavy atom. The number of nitrogens with zero attached hydrogens (tertiary/aromatic N) is 3. The molecular formula is C20H27ClN4O2. The molecule has 146 valence electrons. The molecule has 1 amide bonds. The Morgan fingerprint density at radius 2 is 1.89 bits per heavy atom. The van der Waals surface area contributed by atoms with E-state index in [2.05, 4.69) is 24.3 Å². The number of rotatable bonds is 5. The van der Waals surface area contributed by atoms with Gasteiger partial charge in [-0.2, -0.15) is 5.10 Å². The predicted octanol–water partition coefficient (Wildman–Crippen LogP) is 2.62. The zero-order chi connectivity index (χ0) is 18.1. The molecule has 2 fully saturated rings. The summed E-state index contributed by atoms with van der Waals surface area (Å²) in [6.07, 6.45) is 1.82. The number of aromatic nitrogens is 2. The topological polar surface area (TPSA) is 59.4 Å². The van der Waals surface area contributed by atoms with E-state index in [0.29, 0.717) is 35.8 Å². The van der Waals surface area contributed by atoms with Crippen molar-refractivity contribution in [1.29, 1.82) is 0 Å². The van der Waals surface area contributed by atoms with Crippen LogP contribution < -0.4 is 10.1 Å². The number of carbonyl (C=O) groups excluding carboxylic acids is 1. The van der Waals surface area contributed by atoms with Crippen molar-refractivity contribution >= 4 is 18.3 Å². The standard InChI is InChI=1S/C20H26N4O2.ClH/c1-14(2)13-26-18-12-24(17-6-4-3-5-7-17)22-19(18)20(25)23-10-15-8-21-9-16(15)11-23;/h3-7,12,14-16,21H,8-11,13H2,1-2H3;1H/t15-,16+;. The lowest BCUT2D eigenvalue weighted by Gasteiger charge is -2.17. The number of benzene rings is 1. The molecule has 0 spiro atoms. The highest BCUT2D eigenvalue weighted by atomic mass is 35.5. The molecule has 0 aliphatic carbocycles. The van der Waals surface area contributed by atoms with Gasteiger partial charge in [-0.25, -0.2) is 4.68 Å². The lowest BCUT2D eigenvalue weighted by atomic mass is 10.0. The van der Waals surface area contributed by atoms with Crippen LogP contribution in [0.25, 0.3) is 5.69 Å². The minimum Gasteiger partial charge on any atom is -0.489 e. The van der Waals surface area contributed by atoms with Gasteiger partial charge in [-0.05, 0) is 29.9 Å². The monoisotopic (exact) mass is 390 g/mol. The molecule has 2 aromatic rings. The van der Waals surface area contributed by atoms with Crippen LogP contribution in [0.15, 0.2) is 36.5 Å². The minimum absolute atomic E-state index is 0. The molecule has 0 unspecified atom stereocenters. The number of hydrogen-bond acceptors (Lipinski definition) is 4. The zero-order valence-electron chi connectivity index (χ0n) is 15.8. The van der Waals surface area contributed by atoms with Gasteiger partial charge in [0.2, 0.25) is 0 Å². The quantitative estimate of drug-likeness (QED) is 0.852. The molecule has 1 N–H and O–H groups in total. The average molecular weight is 391 g/mol. The fourth-order valence-corrected chi connectivity index (χ4v) is 3.75. The van der Waals surface area contributed by atoms with Gasteiger partial charge >= 0.3 is 0 Å². The normalized spacial score (nSPS) is 21.2. The molecule has 2 saturated heterocycles. The molecule has 0 bridgehead atoms. The van der Waals surface area contributed by atoms with Gasteiger partial charge in [-0.3, -0.25) is 4.79 Å². The number of ether oxygens (including phenoxy) is 1. The Balaban J connectivity index is 0.00000210. The summed E-state index contributed by atoms with van der Waals surface area (Å²) in [7, 11) is 0. The first-order valence-electron chi connectivity index (χ1n) is 9.39. The summed E-state index contributed by atoms with van der Waals surface area (Å²) in [5, 5.41) is 7.99. The SMILES string of the molecule is CC(C)COc1cn(-c2ccccc2)nc1C(=O)N1C[C@H]2CNC[C@H]2C1.Cl. The van der Waals surface area contributed by atoms with E-state index in [9.17, 15) is 4.79 Å². The molecule has 1 aromatic heterocycles. The fourth-order valence-electron chi connectivity index (χ4n) is 3.75. The Morgan fingerprint density at radius 3 is 2.52 bits per heavy atom. The van der Waals surface area contributed by atoms with Gasteiger partial charge in [0.15, 0.2) is 11.4 Å². The highest BCUT2D eigenvalue weighted by Gasteiger charge is 2.39. The largest absolute Gasteiger partial charge is 0.489 e. The van der Waals surface area contributed by atoms with Crippen LogP contribution in [0, 0.1) is 17.8 Å². The second-order valence-electron chi connectivity index (χ2n) is 7.72.